The molecule has 3 aromatic rings. The topological polar surface area (TPSA) is 89.3 Å². The number of carbonyl (C=O) groups is 1. The van der Waals surface area contributed by atoms with E-state index in [9.17, 15) is 4.79 Å². The smallest absolute Gasteiger partial charge is 0.373 e. The summed E-state index contributed by atoms with van der Waals surface area (Å²) in [5.74, 6) is -1.01. The van der Waals surface area contributed by atoms with E-state index >= 15 is 0 Å². The summed E-state index contributed by atoms with van der Waals surface area (Å²) in [5, 5.41) is 15.3. The molecule has 0 aliphatic carbocycles. The molecule has 0 amide bonds. The molecule has 0 fully saturated rings. The summed E-state index contributed by atoms with van der Waals surface area (Å²) in [7, 11) is 0. The molecule has 1 N–H and O–H groups in total. The van der Waals surface area contributed by atoms with Crippen molar-refractivity contribution in [2.24, 2.45) is 0 Å². The van der Waals surface area contributed by atoms with Crippen LogP contribution in [0.1, 0.15) is 11.3 Å². The molecular formula is C18H12Cl2N2O4. The molecule has 0 saturated heterocycles. The number of aliphatic carboxylic acids is 1. The van der Waals surface area contributed by atoms with Crippen molar-refractivity contribution in [2.75, 3.05) is 0 Å². The van der Waals surface area contributed by atoms with Crippen LogP contribution < -0.4 is 0 Å². The number of carboxylic acids is 1. The van der Waals surface area contributed by atoms with Gasteiger partial charge in [0.1, 0.15) is 0 Å². The zero-order valence-electron chi connectivity index (χ0n) is 13.2. The summed E-state index contributed by atoms with van der Waals surface area (Å²) in [6.45, 7) is 0.470. The predicted molar refractivity (Wildman–Crippen MR) is 97.0 cm³/mol. The van der Waals surface area contributed by atoms with Gasteiger partial charge in [0.2, 0.25) is 0 Å². The number of para-hydroxylation sites is 1. The van der Waals surface area contributed by atoms with Crippen LogP contribution in [0.5, 0.6) is 0 Å². The average molecular weight is 391 g/mol. The van der Waals surface area contributed by atoms with Crippen LogP contribution in [0.25, 0.3) is 17.0 Å². The minimum atomic E-state index is -1.01. The number of carbonyl (C=O) groups excluding carboxylic acids is 2. The molecular weight excluding hydrogens is 379 g/mol. The predicted octanol–water partition coefficient (Wildman–Crippen LogP) is 3.91. The van der Waals surface area contributed by atoms with E-state index in [0.29, 0.717) is 22.3 Å². The van der Waals surface area contributed by atoms with Crippen LogP contribution in [0, 0.1) is 0 Å². The number of halogens is 2. The molecule has 0 atom stereocenters. The molecule has 0 aliphatic heterocycles. The fraction of sp³-hybridized carbons (Fsp3) is 0.0556. The van der Waals surface area contributed by atoms with Gasteiger partial charge in [-0.1, -0.05) is 47.5 Å². The van der Waals surface area contributed by atoms with Crippen molar-refractivity contribution in [3.63, 3.8) is 0 Å². The summed E-state index contributed by atoms with van der Waals surface area (Å²) < 4.78 is 1.80. The summed E-state index contributed by atoms with van der Waals surface area (Å²) >= 11 is 12.1. The lowest BCUT2D eigenvalue weighted by molar-refractivity contribution is -0.191. The number of nitrogens with zero attached hydrogens (tertiary/aromatic N) is 2. The number of benzene rings is 2. The van der Waals surface area contributed by atoms with Gasteiger partial charge in [-0.15, -0.1) is 0 Å². The zero-order valence-corrected chi connectivity index (χ0v) is 14.7. The van der Waals surface area contributed by atoms with Gasteiger partial charge in [-0.2, -0.15) is 14.7 Å². The standard InChI is InChI=1S/C17H12Cl2N2O2.CO2/c18-12-6-5-11(14(19)9-12)10-21-16-4-2-1-3-13(16)15(20-21)7-8-17(22)23;2-1-3/h1-9H,10H2,(H,22,23);/b8-7+;. The number of hydrogen-bond donors (Lipinski definition) is 1. The van der Waals surface area contributed by atoms with E-state index in [1.165, 1.54) is 6.08 Å². The second kappa shape index (κ2) is 8.97. The van der Waals surface area contributed by atoms with Crippen molar-refractivity contribution >= 4 is 52.3 Å². The number of carboxylic acid groups (broad SMARTS) is 1. The highest BCUT2D eigenvalue weighted by molar-refractivity contribution is 6.35. The number of aromatic nitrogens is 2. The molecule has 2 aromatic carbocycles. The van der Waals surface area contributed by atoms with Crippen molar-refractivity contribution < 1.29 is 19.5 Å². The Bertz CT molecular complexity index is 1010. The minimum Gasteiger partial charge on any atom is -0.478 e. The maximum absolute atomic E-state index is 10.7. The molecule has 0 bridgehead atoms. The van der Waals surface area contributed by atoms with E-state index in [4.69, 9.17) is 37.9 Å². The minimum absolute atomic E-state index is 0.250. The largest absolute Gasteiger partial charge is 0.478 e. The first kappa shape index (κ1) is 19.4. The van der Waals surface area contributed by atoms with Gasteiger partial charge in [-0.25, -0.2) is 4.79 Å². The van der Waals surface area contributed by atoms with Crippen LogP contribution in [0.15, 0.2) is 48.5 Å². The Balaban J connectivity index is 0.000000758. The van der Waals surface area contributed by atoms with Gasteiger partial charge in [0.05, 0.1) is 17.8 Å². The van der Waals surface area contributed by atoms with E-state index in [1.54, 1.807) is 16.8 Å². The van der Waals surface area contributed by atoms with Gasteiger partial charge in [0.25, 0.3) is 0 Å². The maximum Gasteiger partial charge on any atom is 0.373 e. The third-order valence-corrected chi connectivity index (χ3v) is 3.99. The molecule has 8 heteroatoms. The summed E-state index contributed by atoms with van der Waals surface area (Å²) in [6.07, 6.45) is 2.82. The van der Waals surface area contributed by atoms with Gasteiger partial charge in [0.15, 0.2) is 0 Å². The van der Waals surface area contributed by atoms with Crippen LogP contribution in [0.4, 0.5) is 0 Å². The molecule has 0 unspecified atom stereocenters. The number of fused-ring (bicyclic) bond motifs is 1. The molecule has 0 aliphatic rings. The lowest BCUT2D eigenvalue weighted by Crippen LogP contribution is -2.02. The van der Waals surface area contributed by atoms with E-state index in [1.807, 2.05) is 30.3 Å². The molecule has 1 heterocycles. The Hall–Kier alpha value is -2.92. The first-order valence-electron chi connectivity index (χ1n) is 7.26. The van der Waals surface area contributed by atoms with E-state index in [2.05, 4.69) is 5.10 Å². The molecule has 3 rings (SSSR count). The zero-order chi connectivity index (χ0) is 19.1. The van der Waals surface area contributed by atoms with Crippen molar-refractivity contribution in [1.82, 2.24) is 9.78 Å². The quantitative estimate of drug-likeness (QED) is 0.682. The van der Waals surface area contributed by atoms with Crippen LogP contribution in [-0.2, 0) is 20.9 Å². The lowest BCUT2D eigenvalue weighted by Gasteiger charge is -2.06. The molecule has 26 heavy (non-hydrogen) atoms. The highest BCUT2D eigenvalue weighted by Gasteiger charge is 2.10. The van der Waals surface area contributed by atoms with E-state index < -0.39 is 5.97 Å². The van der Waals surface area contributed by atoms with Crippen molar-refractivity contribution in [2.45, 2.75) is 6.54 Å². The highest BCUT2D eigenvalue weighted by atomic mass is 35.5. The Kier molecular flexibility index (Phi) is 6.69. The van der Waals surface area contributed by atoms with E-state index in [-0.39, 0.29) is 6.15 Å². The fourth-order valence-corrected chi connectivity index (χ4v) is 2.83. The first-order valence-corrected chi connectivity index (χ1v) is 8.01. The second-order valence-corrected chi connectivity index (χ2v) is 5.89. The van der Waals surface area contributed by atoms with Gasteiger partial charge in [0, 0.05) is 21.5 Å². The molecule has 6 nitrogen and oxygen atoms in total. The number of hydrogen-bond acceptors (Lipinski definition) is 4. The Morgan fingerprint density at radius 3 is 2.54 bits per heavy atom. The molecule has 0 saturated carbocycles. The Morgan fingerprint density at radius 1 is 1.19 bits per heavy atom. The second-order valence-electron chi connectivity index (χ2n) is 5.05. The van der Waals surface area contributed by atoms with Gasteiger partial charge < -0.3 is 5.11 Å². The third-order valence-electron chi connectivity index (χ3n) is 3.41. The Morgan fingerprint density at radius 2 is 1.88 bits per heavy atom. The first-order chi connectivity index (χ1) is 12.5. The molecule has 0 radical (unpaired) electrons. The van der Waals surface area contributed by atoms with Crippen molar-refractivity contribution in [3.8, 4) is 0 Å². The fourth-order valence-electron chi connectivity index (χ4n) is 2.36. The molecule has 132 valence electrons. The maximum atomic E-state index is 10.7. The lowest BCUT2D eigenvalue weighted by atomic mass is 10.2. The molecule has 0 spiro atoms. The van der Waals surface area contributed by atoms with Gasteiger partial charge in [-0.05, 0) is 29.8 Å². The van der Waals surface area contributed by atoms with Gasteiger partial charge >= 0.3 is 12.1 Å². The van der Waals surface area contributed by atoms with Crippen LogP contribution >= 0.6 is 23.2 Å². The normalized spacial score (nSPS) is 10.4. The number of rotatable bonds is 4. The van der Waals surface area contributed by atoms with E-state index in [0.717, 1.165) is 22.5 Å². The van der Waals surface area contributed by atoms with Crippen LogP contribution in [0.3, 0.4) is 0 Å². The van der Waals surface area contributed by atoms with Crippen LogP contribution in [-0.4, -0.2) is 27.0 Å². The molecule has 1 aromatic heterocycles. The SMILES string of the molecule is O=C(O)/C=C/c1nn(Cc2ccc(Cl)cc2Cl)c2ccccc12.O=C=O. The monoisotopic (exact) mass is 390 g/mol. The van der Waals surface area contributed by atoms with Crippen molar-refractivity contribution in [3.05, 3.63) is 69.8 Å². The highest BCUT2D eigenvalue weighted by Crippen LogP contribution is 2.25. The summed E-state index contributed by atoms with van der Waals surface area (Å²) in [4.78, 5) is 27.0. The average Bonchev–Trinajstić information content (AvgIpc) is 2.94. The van der Waals surface area contributed by atoms with Gasteiger partial charge in [-0.3, -0.25) is 4.68 Å². The summed E-state index contributed by atoms with van der Waals surface area (Å²) in [6, 6.07) is 13.0. The van der Waals surface area contributed by atoms with Crippen molar-refractivity contribution in [1.29, 1.82) is 0 Å². The third kappa shape index (κ3) is 4.80. The van der Waals surface area contributed by atoms with Crippen LogP contribution in [0.2, 0.25) is 10.0 Å². The summed E-state index contributed by atoms with van der Waals surface area (Å²) in [5.41, 5.74) is 2.40. The Labute approximate surface area is 158 Å².